The van der Waals surface area contributed by atoms with Gasteiger partial charge >= 0.3 is 6.18 Å². The van der Waals surface area contributed by atoms with E-state index in [-0.39, 0.29) is 42.5 Å². The van der Waals surface area contributed by atoms with Crippen LogP contribution in [0.3, 0.4) is 0 Å². The highest BCUT2D eigenvalue weighted by molar-refractivity contribution is 8.09. The monoisotopic (exact) mass is 589 g/mol. The number of thioether (sulfide) groups is 1. The SMILES string of the molecule is O=C(CN1CCn2c(cc(C(F)(F)F)cc2=O)C1)NC1CN(C2CCCOCC2)C[C@@H]1SC1=CCc2cccnc21. The first-order valence-corrected chi connectivity index (χ1v) is 15.1. The summed E-state index contributed by atoms with van der Waals surface area (Å²) in [5, 5.41) is 3.40. The van der Waals surface area contributed by atoms with Gasteiger partial charge in [-0.3, -0.25) is 24.4 Å². The van der Waals surface area contributed by atoms with Gasteiger partial charge in [0.25, 0.3) is 5.56 Å². The van der Waals surface area contributed by atoms with Gasteiger partial charge in [-0.1, -0.05) is 12.1 Å². The summed E-state index contributed by atoms with van der Waals surface area (Å²) < 4.78 is 46.9. The van der Waals surface area contributed by atoms with E-state index in [1.54, 1.807) is 16.7 Å². The highest BCUT2D eigenvalue weighted by atomic mass is 32.2. The van der Waals surface area contributed by atoms with Gasteiger partial charge in [0.1, 0.15) is 0 Å². The maximum Gasteiger partial charge on any atom is 0.416 e. The molecule has 1 amide bonds. The fraction of sp³-hybridized carbons (Fsp3) is 0.552. The Balaban J connectivity index is 1.14. The number of carbonyl (C=O) groups is 1. The number of alkyl halides is 3. The van der Waals surface area contributed by atoms with Crippen molar-refractivity contribution in [1.82, 2.24) is 24.7 Å². The summed E-state index contributed by atoms with van der Waals surface area (Å²) in [6.45, 7) is 3.95. The van der Waals surface area contributed by atoms with Crippen LogP contribution in [0.5, 0.6) is 0 Å². The number of aromatic nitrogens is 2. The second kappa shape index (κ2) is 11.9. The first-order valence-electron chi connectivity index (χ1n) is 14.2. The lowest BCUT2D eigenvalue weighted by Gasteiger charge is -2.30. The lowest BCUT2D eigenvalue weighted by Crippen LogP contribution is -2.48. The van der Waals surface area contributed by atoms with Gasteiger partial charge in [-0.2, -0.15) is 13.2 Å². The van der Waals surface area contributed by atoms with E-state index < -0.39 is 17.3 Å². The van der Waals surface area contributed by atoms with Gasteiger partial charge in [0.15, 0.2) is 0 Å². The maximum atomic E-state index is 13.3. The van der Waals surface area contributed by atoms with Crippen LogP contribution in [0.15, 0.2) is 41.3 Å². The number of likely N-dealkylation sites (tertiary alicyclic amines) is 1. The summed E-state index contributed by atoms with van der Waals surface area (Å²) in [5.74, 6) is -0.159. The fourth-order valence-corrected chi connectivity index (χ4v) is 7.73. The summed E-state index contributed by atoms with van der Waals surface area (Å²) in [4.78, 5) is 35.6. The number of carbonyl (C=O) groups excluding carboxylic acids is 1. The number of nitrogens with one attached hydrogen (secondary N) is 1. The maximum absolute atomic E-state index is 13.3. The summed E-state index contributed by atoms with van der Waals surface area (Å²) >= 11 is 1.78. The van der Waals surface area contributed by atoms with Gasteiger partial charge in [-0.25, -0.2) is 0 Å². The van der Waals surface area contributed by atoms with Crippen molar-refractivity contribution >= 4 is 22.6 Å². The van der Waals surface area contributed by atoms with Crippen LogP contribution in [0.1, 0.15) is 41.8 Å². The highest BCUT2D eigenvalue weighted by Gasteiger charge is 2.39. The first-order chi connectivity index (χ1) is 19.7. The molecule has 0 aromatic carbocycles. The molecule has 6 rings (SSSR count). The predicted molar refractivity (Wildman–Crippen MR) is 150 cm³/mol. The fourth-order valence-electron chi connectivity index (χ4n) is 6.34. The second-order valence-corrected chi connectivity index (χ2v) is 12.5. The largest absolute Gasteiger partial charge is 0.416 e. The van der Waals surface area contributed by atoms with Crippen molar-refractivity contribution in [2.75, 3.05) is 39.4 Å². The summed E-state index contributed by atoms with van der Waals surface area (Å²) in [7, 11) is 0. The van der Waals surface area contributed by atoms with Crippen molar-refractivity contribution in [2.24, 2.45) is 0 Å². The molecule has 0 spiro atoms. The molecule has 41 heavy (non-hydrogen) atoms. The number of ether oxygens (including phenoxy) is 1. The topological polar surface area (TPSA) is 79.7 Å². The average Bonchev–Trinajstić information content (AvgIpc) is 3.41. The molecule has 2 saturated heterocycles. The Hall–Kier alpha value is -2.67. The van der Waals surface area contributed by atoms with Gasteiger partial charge in [-0.15, -0.1) is 11.8 Å². The zero-order valence-electron chi connectivity index (χ0n) is 22.7. The predicted octanol–water partition coefficient (Wildman–Crippen LogP) is 3.15. The van der Waals surface area contributed by atoms with Gasteiger partial charge in [0.2, 0.25) is 5.91 Å². The van der Waals surface area contributed by atoms with Crippen LogP contribution in [0.2, 0.25) is 0 Å². The third kappa shape index (κ3) is 6.40. The Morgan fingerprint density at radius 3 is 2.90 bits per heavy atom. The van der Waals surface area contributed by atoms with Crippen LogP contribution in [0, 0.1) is 0 Å². The quantitative estimate of drug-likeness (QED) is 0.555. The number of nitrogens with zero attached hydrogens (tertiary/aromatic N) is 4. The number of hydrogen-bond donors (Lipinski definition) is 1. The van der Waals surface area contributed by atoms with Gasteiger partial charge < -0.3 is 14.6 Å². The van der Waals surface area contributed by atoms with Crippen molar-refractivity contribution in [3.8, 4) is 0 Å². The molecule has 2 fully saturated rings. The molecular formula is C29H34F3N5O3S. The molecule has 3 atom stereocenters. The van der Waals surface area contributed by atoms with Crippen molar-refractivity contribution in [2.45, 2.75) is 62.3 Å². The van der Waals surface area contributed by atoms with Crippen molar-refractivity contribution < 1.29 is 22.7 Å². The Bertz CT molecular complexity index is 1370. The molecule has 3 aliphatic heterocycles. The van der Waals surface area contributed by atoms with Crippen LogP contribution >= 0.6 is 11.8 Å². The van der Waals surface area contributed by atoms with Gasteiger partial charge in [0, 0.05) is 80.1 Å². The van der Waals surface area contributed by atoms with E-state index in [1.165, 1.54) is 10.1 Å². The third-order valence-electron chi connectivity index (χ3n) is 8.42. The van der Waals surface area contributed by atoms with Crippen LogP contribution in [-0.4, -0.2) is 82.0 Å². The Kier molecular flexibility index (Phi) is 8.26. The summed E-state index contributed by atoms with van der Waals surface area (Å²) in [5.41, 5.74) is 0.895. The molecule has 12 heteroatoms. The third-order valence-corrected chi connectivity index (χ3v) is 9.82. The number of halogens is 3. The van der Waals surface area contributed by atoms with E-state index >= 15 is 0 Å². The summed E-state index contributed by atoms with van der Waals surface area (Å²) in [6.07, 6.45) is 3.35. The van der Waals surface area contributed by atoms with Crippen molar-refractivity contribution in [3.05, 3.63) is 69.4 Å². The van der Waals surface area contributed by atoms with E-state index in [2.05, 4.69) is 27.3 Å². The van der Waals surface area contributed by atoms with E-state index in [4.69, 9.17) is 4.74 Å². The molecule has 5 heterocycles. The lowest BCUT2D eigenvalue weighted by molar-refractivity contribution is -0.138. The Morgan fingerprint density at radius 2 is 2.05 bits per heavy atom. The standard InChI is InChI=1S/C29H34F3N5O3S/c30-29(31,32)20-13-22-15-35(9-10-37(22)27(39)14-20)18-26(38)34-23-16-36(21-4-2-11-40-12-7-21)17-25(23)41-24-6-5-19-3-1-8-33-28(19)24/h1,3,6,8,13-14,21,23,25H,2,4-5,7,9-12,15-18H2,(H,34,38)/t21?,23?,25-/m0/s1. The highest BCUT2D eigenvalue weighted by Crippen LogP contribution is 2.40. The number of fused-ring (bicyclic) bond motifs is 2. The number of amides is 1. The van der Waals surface area contributed by atoms with Crippen molar-refractivity contribution in [1.29, 1.82) is 0 Å². The van der Waals surface area contributed by atoms with Gasteiger partial charge in [-0.05, 0) is 43.4 Å². The number of hydrogen-bond acceptors (Lipinski definition) is 7. The number of allylic oxidation sites excluding steroid dienone is 1. The zero-order chi connectivity index (χ0) is 28.6. The van der Waals surface area contributed by atoms with Crippen LogP contribution < -0.4 is 10.9 Å². The van der Waals surface area contributed by atoms with Crippen molar-refractivity contribution in [3.63, 3.8) is 0 Å². The van der Waals surface area contributed by atoms with E-state index in [9.17, 15) is 22.8 Å². The van der Waals surface area contributed by atoms with Crippen LogP contribution in [0.4, 0.5) is 13.2 Å². The molecule has 1 N–H and O–H groups in total. The molecule has 4 aliphatic rings. The normalized spacial score (nSPS) is 25.3. The average molecular weight is 590 g/mol. The molecule has 8 nitrogen and oxygen atoms in total. The molecule has 220 valence electrons. The van der Waals surface area contributed by atoms with Gasteiger partial charge in [0.05, 0.1) is 23.8 Å². The molecule has 0 bridgehead atoms. The molecule has 2 aromatic heterocycles. The molecule has 1 aliphatic carbocycles. The first kappa shape index (κ1) is 28.4. The summed E-state index contributed by atoms with van der Waals surface area (Å²) in [6, 6.07) is 6.04. The van der Waals surface area contributed by atoms with E-state index in [0.717, 1.165) is 68.7 Å². The van der Waals surface area contributed by atoms with E-state index in [1.807, 2.05) is 12.3 Å². The number of rotatable bonds is 6. The van der Waals surface area contributed by atoms with E-state index in [0.29, 0.717) is 18.7 Å². The number of pyridine rings is 2. The second-order valence-electron chi connectivity index (χ2n) is 11.2. The zero-order valence-corrected chi connectivity index (χ0v) is 23.6. The van der Waals surface area contributed by atoms with Crippen LogP contribution in [0.25, 0.3) is 4.91 Å². The smallest absolute Gasteiger partial charge is 0.381 e. The molecule has 0 saturated carbocycles. The minimum atomic E-state index is -4.59. The Morgan fingerprint density at radius 1 is 1.17 bits per heavy atom. The molecular weight excluding hydrogens is 555 g/mol. The Labute approximate surface area is 240 Å². The minimum absolute atomic E-state index is 0.0582. The van der Waals surface area contributed by atoms with Crippen LogP contribution in [-0.2, 0) is 35.2 Å². The molecule has 2 unspecified atom stereocenters. The molecule has 0 radical (unpaired) electrons. The lowest BCUT2D eigenvalue weighted by atomic mass is 10.1. The minimum Gasteiger partial charge on any atom is -0.381 e. The molecule has 2 aromatic rings.